The fourth-order valence-electron chi connectivity index (χ4n) is 1.86. The van der Waals surface area contributed by atoms with Gasteiger partial charge >= 0.3 is 6.18 Å². The van der Waals surface area contributed by atoms with Gasteiger partial charge in [-0.05, 0) is 29.8 Å². The molecular formula is C16H7ClF5N3O2. The van der Waals surface area contributed by atoms with Crippen LogP contribution in [0.1, 0.15) is 5.56 Å². The summed E-state index contributed by atoms with van der Waals surface area (Å²) in [5.41, 5.74) is -0.968. The Balaban J connectivity index is 1.76. The Morgan fingerprint density at radius 2 is 1.67 bits per heavy atom. The maximum Gasteiger partial charge on any atom is 0.417 e. The van der Waals surface area contributed by atoms with Crippen molar-refractivity contribution in [2.24, 2.45) is 0 Å². The van der Waals surface area contributed by atoms with Crippen LogP contribution in [0.3, 0.4) is 0 Å². The quantitative estimate of drug-likeness (QED) is 0.431. The smallest absolute Gasteiger partial charge is 0.417 e. The number of nitrogens with zero attached hydrogens (tertiary/aromatic N) is 3. The summed E-state index contributed by atoms with van der Waals surface area (Å²) < 4.78 is 75.3. The molecule has 0 bridgehead atoms. The highest BCUT2D eigenvalue weighted by Gasteiger charge is 2.30. The molecule has 0 saturated carbocycles. The molecule has 1 aromatic carbocycles. The summed E-state index contributed by atoms with van der Waals surface area (Å²) in [5, 5.41) is -0.264. The summed E-state index contributed by atoms with van der Waals surface area (Å²) >= 11 is 5.53. The lowest BCUT2D eigenvalue weighted by molar-refractivity contribution is -0.137. The average Bonchev–Trinajstić information content (AvgIpc) is 2.60. The predicted octanol–water partition coefficient (Wildman–Crippen LogP) is 5.41. The first-order chi connectivity index (χ1) is 12.7. The third-order valence-corrected chi connectivity index (χ3v) is 3.26. The Morgan fingerprint density at radius 1 is 0.889 bits per heavy atom. The van der Waals surface area contributed by atoms with Gasteiger partial charge in [-0.15, -0.1) is 0 Å². The van der Waals surface area contributed by atoms with E-state index in [1.807, 2.05) is 0 Å². The zero-order chi connectivity index (χ0) is 19.6. The van der Waals surface area contributed by atoms with E-state index in [9.17, 15) is 22.0 Å². The molecule has 5 nitrogen and oxygen atoms in total. The fourth-order valence-corrected chi connectivity index (χ4v) is 1.99. The zero-order valence-electron chi connectivity index (χ0n) is 13.0. The molecule has 3 rings (SSSR count). The molecule has 0 unspecified atom stereocenters. The van der Waals surface area contributed by atoms with E-state index < -0.39 is 29.3 Å². The van der Waals surface area contributed by atoms with Crippen molar-refractivity contribution in [2.45, 2.75) is 6.18 Å². The van der Waals surface area contributed by atoms with Crippen molar-refractivity contribution in [1.29, 1.82) is 0 Å². The first-order valence-electron chi connectivity index (χ1n) is 7.09. The third kappa shape index (κ3) is 4.59. The van der Waals surface area contributed by atoms with Crippen molar-refractivity contribution in [3.8, 4) is 23.3 Å². The summed E-state index contributed by atoms with van der Waals surface area (Å²) in [5.74, 6) is -3.02. The van der Waals surface area contributed by atoms with Crippen molar-refractivity contribution in [3.63, 3.8) is 0 Å². The minimum atomic E-state index is -4.55. The number of pyridine rings is 1. The predicted molar refractivity (Wildman–Crippen MR) is 82.8 cm³/mol. The molecule has 2 aromatic heterocycles. The van der Waals surface area contributed by atoms with Gasteiger partial charge in [0, 0.05) is 18.3 Å². The lowest BCUT2D eigenvalue weighted by Crippen LogP contribution is -2.05. The summed E-state index contributed by atoms with van der Waals surface area (Å²) in [6.45, 7) is 0. The Kier molecular flexibility index (Phi) is 5.08. The Labute approximate surface area is 153 Å². The van der Waals surface area contributed by atoms with Crippen LogP contribution in [-0.4, -0.2) is 15.0 Å². The lowest BCUT2D eigenvalue weighted by Gasteiger charge is -2.10. The van der Waals surface area contributed by atoms with Crippen LogP contribution in [0, 0.1) is 11.6 Å². The molecule has 0 aliphatic rings. The molecule has 0 aliphatic heterocycles. The molecule has 0 amide bonds. The van der Waals surface area contributed by atoms with Crippen molar-refractivity contribution in [1.82, 2.24) is 15.0 Å². The van der Waals surface area contributed by atoms with Crippen LogP contribution in [0.25, 0.3) is 0 Å². The number of alkyl halides is 3. The molecule has 0 N–H and O–H groups in total. The van der Waals surface area contributed by atoms with Crippen LogP contribution >= 0.6 is 11.6 Å². The largest absolute Gasteiger partial charge is 0.436 e. The molecule has 140 valence electrons. The molecule has 3 aromatic rings. The Morgan fingerprint density at radius 3 is 2.30 bits per heavy atom. The summed E-state index contributed by atoms with van der Waals surface area (Å²) in [7, 11) is 0. The summed E-state index contributed by atoms with van der Waals surface area (Å²) in [6.07, 6.45) is -3.20. The van der Waals surface area contributed by atoms with Gasteiger partial charge in [-0.3, -0.25) is 0 Å². The molecule has 27 heavy (non-hydrogen) atoms. The van der Waals surface area contributed by atoms with Gasteiger partial charge in [0.05, 0.1) is 11.8 Å². The first-order valence-corrected chi connectivity index (χ1v) is 7.47. The molecule has 2 heterocycles. The van der Waals surface area contributed by atoms with E-state index in [1.54, 1.807) is 0 Å². The second kappa shape index (κ2) is 7.31. The van der Waals surface area contributed by atoms with E-state index in [2.05, 4.69) is 15.0 Å². The zero-order valence-corrected chi connectivity index (χ0v) is 13.7. The number of halogens is 6. The highest BCUT2D eigenvalue weighted by Crippen LogP contribution is 2.32. The van der Waals surface area contributed by atoms with Crippen LogP contribution < -0.4 is 9.47 Å². The third-order valence-electron chi connectivity index (χ3n) is 3.08. The number of hydrogen-bond acceptors (Lipinski definition) is 5. The number of ether oxygens (including phenoxy) is 2. The van der Waals surface area contributed by atoms with Gasteiger partial charge < -0.3 is 9.47 Å². The van der Waals surface area contributed by atoms with Gasteiger partial charge in [0.2, 0.25) is 17.0 Å². The molecule has 0 saturated heterocycles. The maximum atomic E-state index is 14.1. The average molecular weight is 404 g/mol. The topological polar surface area (TPSA) is 57.1 Å². The van der Waals surface area contributed by atoms with Crippen molar-refractivity contribution < 1.29 is 31.4 Å². The van der Waals surface area contributed by atoms with Gasteiger partial charge in [0.25, 0.3) is 5.88 Å². The second-order valence-corrected chi connectivity index (χ2v) is 5.31. The van der Waals surface area contributed by atoms with Crippen molar-refractivity contribution >= 4 is 11.6 Å². The van der Waals surface area contributed by atoms with Crippen molar-refractivity contribution in [2.75, 3.05) is 0 Å². The molecule has 0 atom stereocenters. The van der Waals surface area contributed by atoms with E-state index in [1.165, 1.54) is 6.07 Å². The monoisotopic (exact) mass is 403 g/mol. The van der Waals surface area contributed by atoms with Crippen LogP contribution in [0.5, 0.6) is 23.3 Å². The van der Waals surface area contributed by atoms with Gasteiger partial charge in [-0.25, -0.2) is 14.4 Å². The van der Waals surface area contributed by atoms with Crippen molar-refractivity contribution in [3.05, 3.63) is 65.2 Å². The molecule has 0 aliphatic carbocycles. The van der Waals surface area contributed by atoms with Gasteiger partial charge in [0.1, 0.15) is 5.75 Å². The number of aromatic nitrogens is 3. The van der Waals surface area contributed by atoms with Crippen LogP contribution in [-0.2, 0) is 6.18 Å². The van der Waals surface area contributed by atoms with E-state index in [-0.39, 0.29) is 22.7 Å². The van der Waals surface area contributed by atoms with E-state index in [0.717, 1.165) is 30.5 Å². The van der Waals surface area contributed by atoms with Crippen LogP contribution in [0.2, 0.25) is 5.28 Å². The minimum absolute atomic E-state index is 0.117. The Hall–Kier alpha value is -3.01. The van der Waals surface area contributed by atoms with Gasteiger partial charge in [0.15, 0.2) is 11.6 Å². The fraction of sp³-hybridized carbons (Fsp3) is 0.0625. The van der Waals surface area contributed by atoms with Gasteiger partial charge in [-0.1, -0.05) is 0 Å². The normalized spacial score (nSPS) is 11.3. The van der Waals surface area contributed by atoms with Gasteiger partial charge in [-0.2, -0.15) is 22.5 Å². The number of rotatable bonds is 4. The number of benzene rings is 1. The molecule has 0 radical (unpaired) electrons. The molecular weight excluding hydrogens is 397 g/mol. The molecule has 0 fully saturated rings. The maximum absolute atomic E-state index is 14.1. The number of hydrogen-bond donors (Lipinski definition) is 0. The minimum Gasteiger partial charge on any atom is -0.436 e. The van der Waals surface area contributed by atoms with E-state index in [0.29, 0.717) is 6.20 Å². The molecule has 0 spiro atoms. The lowest BCUT2D eigenvalue weighted by atomic mass is 10.3. The van der Waals surface area contributed by atoms with E-state index >= 15 is 0 Å². The van der Waals surface area contributed by atoms with E-state index in [4.69, 9.17) is 21.1 Å². The highest BCUT2D eigenvalue weighted by molar-refractivity contribution is 6.28. The highest BCUT2D eigenvalue weighted by atomic mass is 35.5. The SMILES string of the molecule is Fc1cc(Oc2nc(Cl)ncc2F)ccc1Oc1ccc(C(F)(F)F)cn1. The molecule has 11 heteroatoms. The Bertz CT molecular complexity index is 967. The van der Waals surface area contributed by atoms with Crippen LogP contribution in [0.4, 0.5) is 22.0 Å². The summed E-state index contributed by atoms with van der Waals surface area (Å²) in [4.78, 5) is 10.4. The summed E-state index contributed by atoms with van der Waals surface area (Å²) in [6, 6.07) is 4.93. The second-order valence-electron chi connectivity index (χ2n) is 4.97. The first kappa shape index (κ1) is 18.8. The standard InChI is InChI=1S/C16H7ClF5N3O2/c17-15-24-7-11(19)14(25-15)26-9-2-3-12(10(18)5-9)27-13-4-1-8(6-23-13)16(20,21)22/h1-7H. The van der Waals surface area contributed by atoms with Crippen LogP contribution in [0.15, 0.2) is 42.7 Å².